The topological polar surface area (TPSA) is 46.2 Å². The van der Waals surface area contributed by atoms with E-state index >= 15 is 0 Å². The number of hydrogen-bond acceptors (Lipinski definition) is 2. The molecule has 0 heterocycles. The van der Waals surface area contributed by atoms with E-state index in [0.29, 0.717) is 22.4 Å². The Balaban J connectivity index is 0.00000256. The monoisotopic (exact) mass is 297 g/mol. The lowest BCUT2D eigenvalue weighted by molar-refractivity contribution is 0.121. The third-order valence-electron chi connectivity index (χ3n) is 2.45. The molecule has 0 spiro atoms. The van der Waals surface area contributed by atoms with E-state index < -0.39 is 12.1 Å². The van der Waals surface area contributed by atoms with Gasteiger partial charge in [0.05, 0.1) is 12.1 Å². The van der Waals surface area contributed by atoms with Gasteiger partial charge in [-0.1, -0.05) is 43.1 Å². The van der Waals surface area contributed by atoms with Crippen LogP contribution in [0.1, 0.15) is 31.9 Å². The fraction of sp³-hybridized carbons (Fsp3) is 0.500. The first kappa shape index (κ1) is 17.0. The number of halogens is 3. The summed E-state index contributed by atoms with van der Waals surface area (Å²) in [5, 5.41) is 11.0. The van der Waals surface area contributed by atoms with Crippen LogP contribution in [-0.4, -0.2) is 11.2 Å². The summed E-state index contributed by atoms with van der Waals surface area (Å²) in [4.78, 5) is 0. The number of rotatable bonds is 4. The molecule has 1 aromatic rings. The Bertz CT molecular complexity index is 358. The largest absolute Gasteiger partial charge is 0.391 e. The van der Waals surface area contributed by atoms with Crippen molar-refractivity contribution in [2.75, 3.05) is 0 Å². The summed E-state index contributed by atoms with van der Waals surface area (Å²) in [5.41, 5.74) is 6.70. The summed E-state index contributed by atoms with van der Waals surface area (Å²) in [6.45, 7) is 4.08. The Morgan fingerprint density at radius 1 is 1.29 bits per heavy atom. The first-order valence-corrected chi connectivity index (χ1v) is 6.06. The zero-order chi connectivity index (χ0) is 12.3. The second-order valence-electron chi connectivity index (χ2n) is 4.39. The van der Waals surface area contributed by atoms with Crippen molar-refractivity contribution in [1.82, 2.24) is 0 Å². The average molecular weight is 299 g/mol. The van der Waals surface area contributed by atoms with Crippen molar-refractivity contribution in [1.29, 1.82) is 0 Å². The number of nitrogens with two attached hydrogens (primary N) is 1. The van der Waals surface area contributed by atoms with Crippen LogP contribution >= 0.6 is 35.6 Å². The van der Waals surface area contributed by atoms with Gasteiger partial charge in [0.15, 0.2) is 0 Å². The molecule has 17 heavy (non-hydrogen) atoms. The maximum absolute atomic E-state index is 9.92. The average Bonchev–Trinajstić information content (AvgIpc) is 2.15. The van der Waals surface area contributed by atoms with Crippen LogP contribution in [0.5, 0.6) is 0 Å². The summed E-state index contributed by atoms with van der Waals surface area (Å²) in [6, 6.07) is 4.66. The number of aliphatic hydroxyl groups excluding tert-OH is 1. The quantitative estimate of drug-likeness (QED) is 0.887. The summed E-state index contributed by atoms with van der Waals surface area (Å²) >= 11 is 11.8. The smallest absolute Gasteiger partial charge is 0.0735 e. The molecule has 0 unspecified atom stereocenters. The molecule has 0 saturated heterocycles. The Morgan fingerprint density at radius 3 is 2.35 bits per heavy atom. The number of hydrogen-bond donors (Lipinski definition) is 2. The van der Waals surface area contributed by atoms with Crippen LogP contribution in [0.15, 0.2) is 18.2 Å². The van der Waals surface area contributed by atoms with E-state index in [-0.39, 0.29) is 12.4 Å². The number of aliphatic hydroxyl groups is 1. The molecule has 0 aliphatic carbocycles. The summed E-state index contributed by atoms with van der Waals surface area (Å²) in [6.07, 6.45) is 0.0683. The van der Waals surface area contributed by atoms with Crippen molar-refractivity contribution >= 4 is 35.6 Å². The molecule has 0 saturated carbocycles. The van der Waals surface area contributed by atoms with Gasteiger partial charge in [-0.25, -0.2) is 0 Å². The van der Waals surface area contributed by atoms with Crippen molar-refractivity contribution < 1.29 is 5.11 Å². The summed E-state index contributed by atoms with van der Waals surface area (Å²) < 4.78 is 0. The van der Waals surface area contributed by atoms with Gasteiger partial charge in [-0.05, 0) is 30.0 Å². The molecule has 0 bridgehead atoms. The minimum Gasteiger partial charge on any atom is -0.391 e. The van der Waals surface area contributed by atoms with Gasteiger partial charge in [0, 0.05) is 10.0 Å². The normalized spacial score (nSPS) is 14.3. The van der Waals surface area contributed by atoms with Crippen LogP contribution in [0.4, 0.5) is 0 Å². The van der Waals surface area contributed by atoms with Crippen molar-refractivity contribution in [2.45, 2.75) is 32.4 Å². The van der Waals surface area contributed by atoms with E-state index in [1.807, 2.05) is 13.8 Å². The van der Waals surface area contributed by atoms with E-state index in [1.165, 1.54) is 0 Å². The Kier molecular flexibility index (Phi) is 7.45. The van der Waals surface area contributed by atoms with Gasteiger partial charge in [0.2, 0.25) is 0 Å². The molecule has 0 aliphatic heterocycles. The van der Waals surface area contributed by atoms with Gasteiger partial charge >= 0.3 is 0 Å². The predicted octanol–water partition coefficient (Wildman–Crippen LogP) is 3.82. The van der Waals surface area contributed by atoms with Crippen LogP contribution in [-0.2, 0) is 0 Å². The van der Waals surface area contributed by atoms with Gasteiger partial charge in [-0.2, -0.15) is 0 Å². The van der Waals surface area contributed by atoms with E-state index in [0.717, 1.165) is 5.56 Å². The summed E-state index contributed by atoms with van der Waals surface area (Å²) in [7, 11) is 0. The van der Waals surface area contributed by atoms with Gasteiger partial charge in [0.1, 0.15) is 0 Å². The van der Waals surface area contributed by atoms with Crippen LogP contribution < -0.4 is 5.73 Å². The Labute approximate surface area is 119 Å². The summed E-state index contributed by atoms with van der Waals surface area (Å²) in [5.74, 6) is 0.395. The van der Waals surface area contributed by atoms with Crippen LogP contribution in [0.3, 0.4) is 0 Å². The molecule has 0 aliphatic rings. The minimum absolute atomic E-state index is 0. The first-order chi connectivity index (χ1) is 7.41. The van der Waals surface area contributed by atoms with Crippen LogP contribution in [0.2, 0.25) is 10.0 Å². The second-order valence-corrected chi connectivity index (χ2v) is 5.23. The third-order valence-corrected chi connectivity index (χ3v) is 3.01. The maximum Gasteiger partial charge on any atom is 0.0735 e. The highest BCUT2D eigenvalue weighted by Gasteiger charge is 2.20. The molecule has 1 aromatic carbocycles. The van der Waals surface area contributed by atoms with E-state index in [4.69, 9.17) is 28.9 Å². The Morgan fingerprint density at radius 2 is 1.88 bits per heavy atom. The molecule has 0 aromatic heterocycles. The molecule has 3 N–H and O–H groups in total. The van der Waals surface area contributed by atoms with Gasteiger partial charge < -0.3 is 10.8 Å². The zero-order valence-corrected chi connectivity index (χ0v) is 12.2. The predicted molar refractivity (Wildman–Crippen MR) is 76.1 cm³/mol. The van der Waals surface area contributed by atoms with Crippen LogP contribution in [0.25, 0.3) is 0 Å². The van der Waals surface area contributed by atoms with E-state index in [9.17, 15) is 5.11 Å². The molecule has 1 rings (SSSR count). The fourth-order valence-electron chi connectivity index (χ4n) is 1.61. The zero-order valence-electron chi connectivity index (χ0n) is 9.86. The molecular weight excluding hydrogens is 280 g/mol. The lowest BCUT2D eigenvalue weighted by atomic mass is 9.95. The standard InChI is InChI=1S/C12H17Cl2NO.ClH/c1-7(2)5-11(16)12(15)9-4-3-8(13)6-10(9)14;/h3-4,6-7,11-12,16H,5,15H2,1-2H3;1H/t11-,12+;/m1./s1. The van der Waals surface area contributed by atoms with Gasteiger partial charge in [0.25, 0.3) is 0 Å². The highest BCUT2D eigenvalue weighted by Crippen LogP contribution is 2.28. The third kappa shape index (κ3) is 5.02. The fourth-order valence-corrected chi connectivity index (χ4v) is 2.14. The Hall–Kier alpha value is 0.01000. The van der Waals surface area contributed by atoms with Crippen molar-refractivity contribution in [3.8, 4) is 0 Å². The maximum atomic E-state index is 9.92. The molecule has 0 fully saturated rings. The highest BCUT2D eigenvalue weighted by atomic mass is 35.5. The second kappa shape index (κ2) is 7.45. The van der Waals surface area contributed by atoms with E-state index in [1.54, 1.807) is 18.2 Å². The van der Waals surface area contributed by atoms with E-state index in [2.05, 4.69) is 0 Å². The van der Waals surface area contributed by atoms with Crippen molar-refractivity contribution in [3.63, 3.8) is 0 Å². The lowest BCUT2D eigenvalue weighted by Crippen LogP contribution is -2.27. The SMILES string of the molecule is CC(C)C[C@@H](O)[C@@H](N)c1ccc(Cl)cc1Cl.Cl. The first-order valence-electron chi connectivity index (χ1n) is 5.30. The molecule has 2 nitrogen and oxygen atoms in total. The molecular formula is C12H18Cl3NO. The molecule has 98 valence electrons. The highest BCUT2D eigenvalue weighted by molar-refractivity contribution is 6.35. The minimum atomic E-state index is -0.585. The molecule has 5 heteroatoms. The molecule has 2 atom stereocenters. The molecule has 0 radical (unpaired) electrons. The van der Waals surface area contributed by atoms with Crippen LogP contribution in [0, 0.1) is 5.92 Å². The van der Waals surface area contributed by atoms with Gasteiger partial charge in [-0.15, -0.1) is 12.4 Å². The van der Waals surface area contributed by atoms with Crippen molar-refractivity contribution in [3.05, 3.63) is 33.8 Å². The van der Waals surface area contributed by atoms with Gasteiger partial charge in [-0.3, -0.25) is 0 Å². The lowest BCUT2D eigenvalue weighted by Gasteiger charge is -2.21. The van der Waals surface area contributed by atoms with Crippen molar-refractivity contribution in [2.24, 2.45) is 11.7 Å². The molecule has 0 amide bonds. The number of benzene rings is 1.